The topological polar surface area (TPSA) is 91.6 Å². The Morgan fingerprint density at radius 3 is 1.93 bits per heavy atom. The number of urea groups is 1. The number of benzodiazepines with no additional fused rings is 1. The highest BCUT2D eigenvalue weighted by atomic mass is 19.1. The summed E-state index contributed by atoms with van der Waals surface area (Å²) in [5, 5.41) is 5.57. The number of para-hydroxylation sites is 1. The Bertz CT molecular complexity index is 2400. The van der Waals surface area contributed by atoms with E-state index < -0.39 is 29.5 Å². The maximum atomic E-state index is 15.5. The van der Waals surface area contributed by atoms with E-state index in [0.29, 0.717) is 22.6 Å². The SMILES string of the molecule is Cc1cccc(NC(=O)NC2N=C(c3ccccc3F)c3ccccc3N(Cc3cn(C(c4ccccc4)(c4ccccc4)c4ccccc4)cn3)C2=O)c1. The van der Waals surface area contributed by atoms with Crippen LogP contribution in [0.3, 0.4) is 0 Å². The first-order valence-electron chi connectivity index (χ1n) is 18.0. The van der Waals surface area contributed by atoms with Crippen molar-refractivity contribution in [2.45, 2.75) is 25.2 Å². The fourth-order valence-corrected chi connectivity index (χ4v) is 7.34. The first-order chi connectivity index (χ1) is 26.9. The van der Waals surface area contributed by atoms with E-state index in [4.69, 9.17) is 9.98 Å². The van der Waals surface area contributed by atoms with E-state index in [1.165, 1.54) is 6.07 Å². The Morgan fingerprint density at radius 2 is 1.31 bits per heavy atom. The van der Waals surface area contributed by atoms with Crippen molar-refractivity contribution in [2.75, 3.05) is 10.2 Å². The van der Waals surface area contributed by atoms with Gasteiger partial charge in [-0.2, -0.15) is 0 Å². The molecule has 0 radical (unpaired) electrons. The maximum absolute atomic E-state index is 15.5. The number of rotatable bonds is 9. The third-order valence-electron chi connectivity index (χ3n) is 9.80. The van der Waals surface area contributed by atoms with Crippen LogP contribution in [0.1, 0.15) is 39.1 Å². The second-order valence-corrected chi connectivity index (χ2v) is 13.4. The summed E-state index contributed by atoms with van der Waals surface area (Å²) in [6.07, 6.45) is 2.35. The highest BCUT2D eigenvalue weighted by Crippen LogP contribution is 2.41. The van der Waals surface area contributed by atoms with E-state index in [1.54, 1.807) is 47.6 Å². The molecule has 0 saturated heterocycles. The zero-order valence-electron chi connectivity index (χ0n) is 30.0. The minimum atomic E-state index is -1.40. The molecule has 0 bridgehead atoms. The minimum absolute atomic E-state index is 0.0368. The predicted octanol–water partition coefficient (Wildman–Crippen LogP) is 8.70. The number of amides is 3. The fourth-order valence-electron chi connectivity index (χ4n) is 7.34. The highest BCUT2D eigenvalue weighted by molar-refractivity contribution is 6.20. The third kappa shape index (κ3) is 6.79. The summed E-state index contributed by atoms with van der Waals surface area (Å²) in [5.74, 6) is -1.01. The number of halogens is 1. The molecule has 55 heavy (non-hydrogen) atoms. The van der Waals surface area contributed by atoms with Crippen molar-refractivity contribution in [1.29, 1.82) is 0 Å². The van der Waals surface area contributed by atoms with E-state index in [0.717, 1.165) is 22.3 Å². The Morgan fingerprint density at radius 1 is 0.727 bits per heavy atom. The van der Waals surface area contributed by atoms with Gasteiger partial charge >= 0.3 is 6.03 Å². The zero-order valence-corrected chi connectivity index (χ0v) is 30.0. The number of aryl methyl sites for hydroxylation is 1. The standard InChI is InChI=1S/C46H37FN6O2/c1-32-16-15-23-36(28-32)49-45(55)51-43-44(54)53(41-27-14-12-25-39(41)42(50-43)38-24-11-13-26-40(38)47)30-37-29-52(31-48-37)46(33-17-5-2-6-18-33,34-19-7-3-8-20-34)35-21-9-4-10-22-35/h2-29,31,43H,30H2,1H3,(H2,49,51,55). The van der Waals surface area contributed by atoms with Crippen LogP contribution >= 0.6 is 0 Å². The second-order valence-electron chi connectivity index (χ2n) is 13.4. The molecule has 1 aliphatic rings. The zero-order chi connectivity index (χ0) is 37.8. The molecule has 0 fully saturated rings. The van der Waals surface area contributed by atoms with Gasteiger partial charge in [0.1, 0.15) is 11.4 Å². The predicted molar refractivity (Wildman–Crippen MR) is 214 cm³/mol. The van der Waals surface area contributed by atoms with Gasteiger partial charge in [0, 0.05) is 23.0 Å². The maximum Gasteiger partial charge on any atom is 0.321 e. The molecule has 6 aromatic carbocycles. The molecule has 1 atom stereocenters. The van der Waals surface area contributed by atoms with Crippen molar-refractivity contribution < 1.29 is 14.0 Å². The molecule has 2 N–H and O–H groups in total. The highest BCUT2D eigenvalue weighted by Gasteiger charge is 2.39. The largest absolute Gasteiger partial charge is 0.321 e. The van der Waals surface area contributed by atoms with Crippen LogP contribution < -0.4 is 15.5 Å². The van der Waals surface area contributed by atoms with Crippen molar-refractivity contribution in [3.05, 3.63) is 221 Å². The minimum Gasteiger partial charge on any atom is -0.319 e. The molecule has 1 aromatic heterocycles. The number of hydrogen-bond donors (Lipinski definition) is 2. The lowest BCUT2D eigenvalue weighted by Crippen LogP contribution is -2.48. The summed E-state index contributed by atoms with van der Waals surface area (Å²) >= 11 is 0. The van der Waals surface area contributed by atoms with Crippen molar-refractivity contribution in [1.82, 2.24) is 14.9 Å². The van der Waals surface area contributed by atoms with Crippen LogP contribution in [0.2, 0.25) is 0 Å². The van der Waals surface area contributed by atoms with E-state index in [-0.39, 0.29) is 17.8 Å². The van der Waals surface area contributed by atoms with E-state index in [1.807, 2.05) is 98.0 Å². The van der Waals surface area contributed by atoms with Gasteiger partial charge in [-0.15, -0.1) is 0 Å². The lowest BCUT2D eigenvalue weighted by Gasteiger charge is -2.37. The van der Waals surface area contributed by atoms with Crippen LogP contribution in [0.4, 0.5) is 20.6 Å². The number of hydrogen-bond acceptors (Lipinski definition) is 4. The monoisotopic (exact) mass is 724 g/mol. The third-order valence-corrected chi connectivity index (χ3v) is 9.80. The molecule has 270 valence electrons. The number of nitrogens with one attached hydrogen (secondary N) is 2. The van der Waals surface area contributed by atoms with Gasteiger partial charge < -0.3 is 20.1 Å². The van der Waals surface area contributed by atoms with Gasteiger partial charge in [0.2, 0.25) is 6.17 Å². The molecule has 8 rings (SSSR count). The molecule has 1 aliphatic heterocycles. The van der Waals surface area contributed by atoms with Crippen molar-refractivity contribution in [3.63, 3.8) is 0 Å². The molecule has 3 amide bonds. The summed E-state index contributed by atoms with van der Waals surface area (Å²) < 4.78 is 17.6. The van der Waals surface area contributed by atoms with Gasteiger partial charge in [-0.3, -0.25) is 4.79 Å². The van der Waals surface area contributed by atoms with Crippen LogP contribution in [0.15, 0.2) is 181 Å². The summed E-state index contributed by atoms with van der Waals surface area (Å²) in [7, 11) is 0. The van der Waals surface area contributed by atoms with Gasteiger partial charge in [0.05, 0.1) is 30.0 Å². The van der Waals surface area contributed by atoms with Crippen LogP contribution in [0.5, 0.6) is 0 Å². The fraction of sp³-hybridized carbons (Fsp3) is 0.0870. The van der Waals surface area contributed by atoms with Gasteiger partial charge in [0.15, 0.2) is 0 Å². The quantitative estimate of drug-likeness (QED) is 0.146. The second kappa shape index (κ2) is 15.1. The molecule has 1 unspecified atom stereocenters. The first kappa shape index (κ1) is 34.9. The van der Waals surface area contributed by atoms with Crippen molar-refractivity contribution in [3.8, 4) is 0 Å². The molecule has 0 aliphatic carbocycles. The van der Waals surface area contributed by atoms with Crippen LogP contribution in [-0.2, 0) is 16.9 Å². The average Bonchev–Trinajstić information content (AvgIpc) is 3.65. The molecule has 9 heteroatoms. The molecular formula is C46H37FN6O2. The van der Waals surface area contributed by atoms with Gasteiger partial charge in [0.25, 0.3) is 5.91 Å². The Hall–Kier alpha value is -7.13. The van der Waals surface area contributed by atoms with E-state index in [2.05, 4.69) is 51.6 Å². The van der Waals surface area contributed by atoms with Gasteiger partial charge in [-0.05, 0) is 59.5 Å². The Kier molecular flexibility index (Phi) is 9.58. The van der Waals surface area contributed by atoms with Crippen LogP contribution in [-0.4, -0.2) is 33.4 Å². The molecule has 7 aromatic rings. The number of anilines is 2. The molecule has 0 spiro atoms. The number of carbonyl (C=O) groups is 2. The van der Waals surface area contributed by atoms with Crippen molar-refractivity contribution >= 4 is 29.0 Å². The molecule has 0 saturated carbocycles. The van der Waals surface area contributed by atoms with Crippen LogP contribution in [0.25, 0.3) is 0 Å². The number of nitrogens with zero attached hydrogens (tertiary/aromatic N) is 4. The summed E-state index contributed by atoms with van der Waals surface area (Å²) in [6, 6.07) is 51.0. The number of fused-ring (bicyclic) bond motifs is 1. The van der Waals surface area contributed by atoms with E-state index >= 15 is 4.39 Å². The number of aromatic nitrogens is 2. The number of imidazole rings is 1. The average molecular weight is 725 g/mol. The Balaban J connectivity index is 1.23. The smallest absolute Gasteiger partial charge is 0.319 e. The van der Waals surface area contributed by atoms with Gasteiger partial charge in [-0.25, -0.2) is 19.2 Å². The summed E-state index contributed by atoms with van der Waals surface area (Å²) in [6.45, 7) is 1.96. The molecular weight excluding hydrogens is 688 g/mol. The lowest BCUT2D eigenvalue weighted by atomic mass is 9.77. The summed E-state index contributed by atoms with van der Waals surface area (Å²) in [5.41, 5.74) is 5.87. The summed E-state index contributed by atoms with van der Waals surface area (Å²) in [4.78, 5) is 39.4. The number of aliphatic imine (C=N–C) groups is 1. The number of carbonyl (C=O) groups excluding carboxylic acids is 2. The van der Waals surface area contributed by atoms with Crippen LogP contribution in [0, 0.1) is 12.7 Å². The Labute approximate surface area is 318 Å². The van der Waals surface area contributed by atoms with Crippen molar-refractivity contribution in [2.24, 2.45) is 4.99 Å². The molecule has 2 heterocycles. The first-order valence-corrected chi connectivity index (χ1v) is 18.0. The normalized spacial score (nSPS) is 14.1. The lowest BCUT2D eigenvalue weighted by molar-refractivity contribution is -0.120. The number of benzene rings is 6. The van der Waals surface area contributed by atoms with Gasteiger partial charge in [-0.1, -0.05) is 133 Å². The molecule has 8 nitrogen and oxygen atoms in total. The van der Waals surface area contributed by atoms with E-state index in [9.17, 15) is 9.59 Å².